The van der Waals surface area contributed by atoms with E-state index in [-0.39, 0.29) is 11.8 Å². The molecule has 2 heterocycles. The van der Waals surface area contributed by atoms with Crippen LogP contribution >= 0.6 is 0 Å². The Labute approximate surface area is 95.2 Å². The number of fused-ring (bicyclic) bond motifs is 1. The van der Waals surface area contributed by atoms with Gasteiger partial charge in [-0.1, -0.05) is 13.8 Å². The Hall–Kier alpha value is -1.39. The van der Waals surface area contributed by atoms with Gasteiger partial charge in [-0.25, -0.2) is 0 Å². The van der Waals surface area contributed by atoms with Crippen molar-refractivity contribution in [3.8, 4) is 0 Å². The van der Waals surface area contributed by atoms with Gasteiger partial charge in [0.25, 0.3) is 0 Å². The summed E-state index contributed by atoms with van der Waals surface area (Å²) in [6, 6.07) is 0. The van der Waals surface area contributed by atoms with Crippen molar-refractivity contribution in [1.82, 2.24) is 20.1 Å². The summed E-state index contributed by atoms with van der Waals surface area (Å²) in [4.78, 5) is 11.6. The maximum absolute atomic E-state index is 11.6. The van der Waals surface area contributed by atoms with E-state index in [9.17, 15) is 4.79 Å². The Balaban J connectivity index is 1.93. The highest BCUT2D eigenvalue weighted by Crippen LogP contribution is 2.13. The van der Waals surface area contributed by atoms with Crippen LogP contribution in [0.25, 0.3) is 0 Å². The number of carbonyl (C=O) groups is 1. The van der Waals surface area contributed by atoms with E-state index >= 15 is 0 Å². The molecule has 0 unspecified atom stereocenters. The van der Waals surface area contributed by atoms with Gasteiger partial charge < -0.3 is 9.88 Å². The Morgan fingerprint density at radius 3 is 3.12 bits per heavy atom. The van der Waals surface area contributed by atoms with Gasteiger partial charge in [0.05, 0.1) is 6.54 Å². The first kappa shape index (κ1) is 11.1. The van der Waals surface area contributed by atoms with Crippen molar-refractivity contribution in [3.05, 3.63) is 11.6 Å². The first-order valence-electron chi connectivity index (χ1n) is 5.91. The van der Waals surface area contributed by atoms with Gasteiger partial charge in [-0.2, -0.15) is 0 Å². The van der Waals surface area contributed by atoms with Crippen LogP contribution in [0.3, 0.4) is 0 Å². The zero-order valence-electron chi connectivity index (χ0n) is 9.86. The zero-order valence-corrected chi connectivity index (χ0v) is 9.86. The molecule has 0 fully saturated rings. The summed E-state index contributed by atoms with van der Waals surface area (Å²) < 4.78 is 2.11. The van der Waals surface area contributed by atoms with E-state index in [1.807, 2.05) is 13.8 Å². The second-order valence-electron chi connectivity index (χ2n) is 4.31. The van der Waals surface area contributed by atoms with Crippen LogP contribution in [-0.2, 0) is 24.3 Å². The molecular formula is C11H18N4O. The van der Waals surface area contributed by atoms with Crippen molar-refractivity contribution >= 4 is 5.91 Å². The first-order valence-corrected chi connectivity index (χ1v) is 5.91. The fraction of sp³-hybridized carbons (Fsp3) is 0.727. The lowest BCUT2D eigenvalue weighted by atomic mass is 10.1. The fourth-order valence-corrected chi connectivity index (χ4v) is 1.87. The highest BCUT2D eigenvalue weighted by molar-refractivity contribution is 5.78. The first-order chi connectivity index (χ1) is 7.72. The van der Waals surface area contributed by atoms with E-state index < -0.39 is 0 Å². The number of amides is 1. The Morgan fingerprint density at radius 1 is 1.56 bits per heavy atom. The molecule has 0 bridgehead atoms. The van der Waals surface area contributed by atoms with Crippen LogP contribution < -0.4 is 5.32 Å². The molecule has 16 heavy (non-hydrogen) atoms. The van der Waals surface area contributed by atoms with Gasteiger partial charge in [0.2, 0.25) is 5.91 Å². The molecule has 1 N–H and O–H groups in total. The van der Waals surface area contributed by atoms with Crippen LogP contribution in [0.15, 0.2) is 0 Å². The molecule has 0 aromatic carbocycles. The van der Waals surface area contributed by atoms with Crippen molar-refractivity contribution in [2.75, 3.05) is 0 Å². The van der Waals surface area contributed by atoms with Crippen LogP contribution in [0.2, 0.25) is 0 Å². The van der Waals surface area contributed by atoms with E-state index in [4.69, 9.17) is 0 Å². The summed E-state index contributed by atoms with van der Waals surface area (Å²) in [6.45, 7) is 5.43. The molecule has 0 aliphatic carbocycles. The molecule has 2 rings (SSSR count). The third-order valence-corrected chi connectivity index (χ3v) is 3.17. The molecular weight excluding hydrogens is 204 g/mol. The molecule has 0 radical (unpaired) electrons. The number of nitrogens with zero attached hydrogens (tertiary/aromatic N) is 3. The number of aromatic nitrogens is 3. The largest absolute Gasteiger partial charge is 0.349 e. The number of hydrogen-bond donors (Lipinski definition) is 1. The summed E-state index contributed by atoms with van der Waals surface area (Å²) in [7, 11) is 0. The fourth-order valence-electron chi connectivity index (χ4n) is 1.87. The van der Waals surface area contributed by atoms with Crippen LogP contribution in [0.5, 0.6) is 0 Å². The van der Waals surface area contributed by atoms with E-state index in [0.717, 1.165) is 37.5 Å². The number of carbonyl (C=O) groups excluding carboxylic acids is 1. The van der Waals surface area contributed by atoms with Crippen molar-refractivity contribution in [1.29, 1.82) is 0 Å². The zero-order chi connectivity index (χ0) is 11.5. The highest BCUT2D eigenvalue weighted by atomic mass is 16.1. The number of aryl methyl sites for hydroxylation is 1. The molecule has 0 saturated heterocycles. The second kappa shape index (κ2) is 4.63. The topological polar surface area (TPSA) is 59.8 Å². The summed E-state index contributed by atoms with van der Waals surface area (Å²) in [5, 5.41) is 11.1. The quantitative estimate of drug-likeness (QED) is 0.823. The van der Waals surface area contributed by atoms with Gasteiger partial charge in [0, 0.05) is 18.9 Å². The summed E-state index contributed by atoms with van der Waals surface area (Å²) in [5.41, 5.74) is 0. The van der Waals surface area contributed by atoms with Gasteiger partial charge in [-0.05, 0) is 12.8 Å². The monoisotopic (exact) mass is 222 g/mol. The molecule has 1 amide bonds. The van der Waals surface area contributed by atoms with Crippen molar-refractivity contribution in [3.63, 3.8) is 0 Å². The van der Waals surface area contributed by atoms with Crippen LogP contribution in [0, 0.1) is 5.92 Å². The van der Waals surface area contributed by atoms with Gasteiger partial charge in [-0.3, -0.25) is 4.79 Å². The van der Waals surface area contributed by atoms with Crippen LogP contribution in [-0.4, -0.2) is 20.7 Å². The SMILES string of the molecule is CC[C@@H](C)C(=O)NCc1nnc2n1CCC2. The molecule has 1 atom stereocenters. The van der Waals surface area contributed by atoms with Gasteiger partial charge >= 0.3 is 0 Å². The van der Waals surface area contributed by atoms with Crippen molar-refractivity contribution in [2.45, 2.75) is 46.2 Å². The maximum atomic E-state index is 11.6. The summed E-state index contributed by atoms with van der Waals surface area (Å²) in [5.74, 6) is 2.09. The predicted octanol–water partition coefficient (Wildman–Crippen LogP) is 0.887. The van der Waals surface area contributed by atoms with E-state index in [1.165, 1.54) is 0 Å². The lowest BCUT2D eigenvalue weighted by Gasteiger charge is -2.09. The highest BCUT2D eigenvalue weighted by Gasteiger charge is 2.18. The minimum Gasteiger partial charge on any atom is -0.349 e. The molecule has 5 nitrogen and oxygen atoms in total. The lowest BCUT2D eigenvalue weighted by Crippen LogP contribution is -2.29. The molecule has 1 aromatic heterocycles. The second-order valence-corrected chi connectivity index (χ2v) is 4.31. The van der Waals surface area contributed by atoms with Crippen LogP contribution in [0.4, 0.5) is 0 Å². The Kier molecular flexibility index (Phi) is 3.22. The number of rotatable bonds is 4. The summed E-state index contributed by atoms with van der Waals surface area (Å²) >= 11 is 0. The lowest BCUT2D eigenvalue weighted by molar-refractivity contribution is -0.124. The standard InChI is InChI=1S/C11H18N4O/c1-3-8(2)11(16)12-7-10-14-13-9-5-4-6-15(9)10/h8H,3-7H2,1-2H3,(H,12,16)/t8-/m1/s1. The Morgan fingerprint density at radius 2 is 2.38 bits per heavy atom. The number of nitrogens with one attached hydrogen (secondary N) is 1. The summed E-state index contributed by atoms with van der Waals surface area (Å²) in [6.07, 6.45) is 3.01. The molecule has 5 heteroatoms. The van der Waals surface area contributed by atoms with E-state index in [2.05, 4.69) is 20.1 Å². The average molecular weight is 222 g/mol. The third kappa shape index (κ3) is 2.08. The van der Waals surface area contributed by atoms with E-state index in [1.54, 1.807) is 0 Å². The molecule has 1 aromatic rings. The third-order valence-electron chi connectivity index (χ3n) is 3.17. The van der Waals surface area contributed by atoms with Crippen molar-refractivity contribution in [2.24, 2.45) is 5.92 Å². The molecule has 0 spiro atoms. The normalized spacial score (nSPS) is 15.9. The van der Waals surface area contributed by atoms with Gasteiger partial charge in [0.15, 0.2) is 5.82 Å². The molecule has 88 valence electrons. The predicted molar refractivity (Wildman–Crippen MR) is 59.6 cm³/mol. The Bertz CT molecular complexity index is 385. The van der Waals surface area contributed by atoms with Crippen molar-refractivity contribution < 1.29 is 4.79 Å². The van der Waals surface area contributed by atoms with Gasteiger partial charge in [0.1, 0.15) is 5.82 Å². The molecule has 0 saturated carbocycles. The van der Waals surface area contributed by atoms with E-state index in [0.29, 0.717) is 6.54 Å². The maximum Gasteiger partial charge on any atom is 0.223 e. The smallest absolute Gasteiger partial charge is 0.223 e. The number of hydrogen-bond acceptors (Lipinski definition) is 3. The van der Waals surface area contributed by atoms with Gasteiger partial charge in [-0.15, -0.1) is 10.2 Å². The minimum atomic E-state index is 0.0703. The average Bonchev–Trinajstić information content (AvgIpc) is 2.87. The minimum absolute atomic E-state index is 0.0703. The molecule has 1 aliphatic heterocycles. The van der Waals surface area contributed by atoms with Crippen LogP contribution in [0.1, 0.15) is 38.3 Å². The molecule has 1 aliphatic rings.